The first-order valence-corrected chi connectivity index (χ1v) is 4.45. The molecule has 2 unspecified atom stereocenters. The molecule has 0 amide bonds. The predicted octanol–water partition coefficient (Wildman–Crippen LogP) is 1.98. The van der Waals surface area contributed by atoms with Crippen molar-refractivity contribution in [3.63, 3.8) is 0 Å². The fourth-order valence-electron chi connectivity index (χ4n) is 1.12. The van der Waals surface area contributed by atoms with Gasteiger partial charge in [0, 0.05) is 0 Å². The zero-order valence-electron chi connectivity index (χ0n) is 7.72. The second-order valence-electron chi connectivity index (χ2n) is 3.46. The van der Waals surface area contributed by atoms with Crippen molar-refractivity contribution in [1.82, 2.24) is 0 Å². The predicted molar refractivity (Wildman–Crippen MR) is 44.7 cm³/mol. The minimum atomic E-state index is -0.0222. The van der Waals surface area contributed by atoms with Crippen molar-refractivity contribution in [3.05, 3.63) is 0 Å². The first-order valence-electron chi connectivity index (χ1n) is 4.45. The monoisotopic (exact) mass is 158 g/mol. The van der Waals surface area contributed by atoms with E-state index in [-0.39, 0.29) is 5.60 Å². The van der Waals surface area contributed by atoms with E-state index in [0.29, 0.717) is 6.10 Å². The van der Waals surface area contributed by atoms with E-state index in [9.17, 15) is 0 Å². The van der Waals surface area contributed by atoms with E-state index in [2.05, 4.69) is 20.8 Å². The van der Waals surface area contributed by atoms with Gasteiger partial charge in [0.1, 0.15) is 0 Å². The standard InChI is InChI=1S/C9H18O2/c1-4-8-6-11-9(3,5-2)7-10-8/h8H,4-7H2,1-3H3. The summed E-state index contributed by atoms with van der Waals surface area (Å²) in [6.07, 6.45) is 2.41. The summed E-state index contributed by atoms with van der Waals surface area (Å²) in [6.45, 7) is 7.89. The molecule has 1 fully saturated rings. The van der Waals surface area contributed by atoms with Crippen LogP contribution >= 0.6 is 0 Å². The van der Waals surface area contributed by atoms with Gasteiger partial charge in [-0.25, -0.2) is 0 Å². The van der Waals surface area contributed by atoms with Gasteiger partial charge in [-0.3, -0.25) is 0 Å². The Bertz CT molecular complexity index is 115. The highest BCUT2D eigenvalue weighted by Crippen LogP contribution is 2.22. The van der Waals surface area contributed by atoms with E-state index >= 15 is 0 Å². The van der Waals surface area contributed by atoms with Gasteiger partial charge in [-0.05, 0) is 19.8 Å². The van der Waals surface area contributed by atoms with E-state index in [0.717, 1.165) is 26.1 Å². The molecule has 0 saturated carbocycles. The maximum Gasteiger partial charge on any atom is 0.0885 e. The van der Waals surface area contributed by atoms with Crippen molar-refractivity contribution in [3.8, 4) is 0 Å². The Morgan fingerprint density at radius 3 is 2.55 bits per heavy atom. The molecule has 1 saturated heterocycles. The normalized spacial score (nSPS) is 39.0. The SMILES string of the molecule is CCC1COC(C)(CC)CO1. The van der Waals surface area contributed by atoms with Crippen molar-refractivity contribution in [2.75, 3.05) is 13.2 Å². The molecule has 2 nitrogen and oxygen atoms in total. The van der Waals surface area contributed by atoms with Crippen LogP contribution in [0.25, 0.3) is 0 Å². The lowest BCUT2D eigenvalue weighted by Gasteiger charge is -2.36. The minimum absolute atomic E-state index is 0.0222. The number of hydrogen-bond donors (Lipinski definition) is 0. The van der Waals surface area contributed by atoms with Gasteiger partial charge >= 0.3 is 0 Å². The molecular weight excluding hydrogens is 140 g/mol. The van der Waals surface area contributed by atoms with E-state index in [1.165, 1.54) is 0 Å². The lowest BCUT2D eigenvalue weighted by Crippen LogP contribution is -2.43. The second-order valence-corrected chi connectivity index (χ2v) is 3.46. The summed E-state index contributed by atoms with van der Waals surface area (Å²) >= 11 is 0. The smallest absolute Gasteiger partial charge is 0.0885 e. The summed E-state index contributed by atoms with van der Waals surface area (Å²) in [5.41, 5.74) is -0.0222. The van der Waals surface area contributed by atoms with Gasteiger partial charge in [0.05, 0.1) is 24.9 Å². The summed E-state index contributed by atoms with van der Waals surface area (Å²) in [4.78, 5) is 0. The first kappa shape index (κ1) is 9.01. The van der Waals surface area contributed by atoms with Crippen LogP contribution in [0, 0.1) is 0 Å². The fourth-order valence-corrected chi connectivity index (χ4v) is 1.12. The highest BCUT2D eigenvalue weighted by atomic mass is 16.6. The zero-order chi connectivity index (χ0) is 8.32. The average Bonchev–Trinajstić information content (AvgIpc) is 2.06. The van der Waals surface area contributed by atoms with Gasteiger partial charge in [0.25, 0.3) is 0 Å². The fraction of sp³-hybridized carbons (Fsp3) is 1.00. The molecule has 2 atom stereocenters. The Labute approximate surface area is 68.9 Å². The topological polar surface area (TPSA) is 18.5 Å². The minimum Gasteiger partial charge on any atom is -0.373 e. The molecule has 66 valence electrons. The van der Waals surface area contributed by atoms with Crippen molar-refractivity contribution in [2.45, 2.75) is 45.3 Å². The second kappa shape index (κ2) is 3.55. The average molecular weight is 158 g/mol. The van der Waals surface area contributed by atoms with Crippen LogP contribution in [0.2, 0.25) is 0 Å². The first-order chi connectivity index (χ1) is 5.20. The Morgan fingerprint density at radius 2 is 2.18 bits per heavy atom. The van der Waals surface area contributed by atoms with Gasteiger partial charge < -0.3 is 9.47 Å². The summed E-state index contributed by atoms with van der Waals surface area (Å²) in [7, 11) is 0. The third-order valence-electron chi connectivity index (χ3n) is 2.45. The Hall–Kier alpha value is -0.0800. The molecule has 2 heteroatoms. The van der Waals surface area contributed by atoms with Crippen molar-refractivity contribution < 1.29 is 9.47 Å². The summed E-state index contributed by atoms with van der Waals surface area (Å²) in [6, 6.07) is 0. The summed E-state index contributed by atoms with van der Waals surface area (Å²) in [5.74, 6) is 0. The molecule has 0 aromatic heterocycles. The van der Waals surface area contributed by atoms with E-state index in [1.54, 1.807) is 0 Å². The maximum atomic E-state index is 5.69. The third-order valence-corrected chi connectivity index (χ3v) is 2.45. The van der Waals surface area contributed by atoms with Gasteiger partial charge in [0.15, 0.2) is 0 Å². The molecule has 0 aliphatic carbocycles. The van der Waals surface area contributed by atoms with Gasteiger partial charge in [0.2, 0.25) is 0 Å². The molecule has 1 heterocycles. The van der Waals surface area contributed by atoms with Crippen LogP contribution in [-0.4, -0.2) is 24.9 Å². The van der Waals surface area contributed by atoms with Crippen LogP contribution in [0.5, 0.6) is 0 Å². The number of rotatable bonds is 2. The molecule has 11 heavy (non-hydrogen) atoms. The Balaban J connectivity index is 2.35. The summed E-state index contributed by atoms with van der Waals surface area (Å²) < 4.78 is 11.3. The lowest BCUT2D eigenvalue weighted by atomic mass is 10.0. The van der Waals surface area contributed by atoms with Crippen molar-refractivity contribution in [1.29, 1.82) is 0 Å². The lowest BCUT2D eigenvalue weighted by molar-refractivity contribution is -0.183. The van der Waals surface area contributed by atoms with E-state index < -0.39 is 0 Å². The molecule has 0 aromatic carbocycles. The molecule has 0 N–H and O–H groups in total. The van der Waals surface area contributed by atoms with Crippen molar-refractivity contribution >= 4 is 0 Å². The Kier molecular flexibility index (Phi) is 2.90. The molecule has 1 aliphatic rings. The quantitative estimate of drug-likeness (QED) is 0.611. The largest absolute Gasteiger partial charge is 0.373 e. The van der Waals surface area contributed by atoms with Gasteiger partial charge in [-0.1, -0.05) is 13.8 Å². The van der Waals surface area contributed by atoms with Gasteiger partial charge in [-0.2, -0.15) is 0 Å². The maximum absolute atomic E-state index is 5.69. The molecule has 0 spiro atoms. The summed E-state index contributed by atoms with van der Waals surface area (Å²) in [5, 5.41) is 0. The van der Waals surface area contributed by atoms with Crippen molar-refractivity contribution in [2.24, 2.45) is 0 Å². The molecular formula is C9H18O2. The van der Waals surface area contributed by atoms with Crippen LogP contribution in [0.1, 0.15) is 33.6 Å². The highest BCUT2D eigenvalue weighted by Gasteiger charge is 2.30. The van der Waals surface area contributed by atoms with Crippen LogP contribution < -0.4 is 0 Å². The number of ether oxygens (including phenoxy) is 2. The van der Waals surface area contributed by atoms with Crippen LogP contribution in [0.4, 0.5) is 0 Å². The molecule has 0 radical (unpaired) electrons. The molecule has 0 bridgehead atoms. The third kappa shape index (κ3) is 2.17. The van der Waals surface area contributed by atoms with E-state index in [1.807, 2.05) is 0 Å². The highest BCUT2D eigenvalue weighted by molar-refractivity contribution is 4.77. The van der Waals surface area contributed by atoms with Crippen LogP contribution in [-0.2, 0) is 9.47 Å². The van der Waals surface area contributed by atoms with Crippen LogP contribution in [0.15, 0.2) is 0 Å². The molecule has 1 aliphatic heterocycles. The van der Waals surface area contributed by atoms with E-state index in [4.69, 9.17) is 9.47 Å². The van der Waals surface area contributed by atoms with Crippen LogP contribution in [0.3, 0.4) is 0 Å². The van der Waals surface area contributed by atoms with Gasteiger partial charge in [-0.15, -0.1) is 0 Å². The Morgan fingerprint density at radius 1 is 1.45 bits per heavy atom. The zero-order valence-corrected chi connectivity index (χ0v) is 7.72. The molecule has 1 rings (SSSR count). The molecule has 0 aromatic rings. The number of hydrogen-bond acceptors (Lipinski definition) is 2.